The van der Waals surface area contributed by atoms with Gasteiger partial charge in [-0.05, 0) is 40.2 Å². The monoisotopic (exact) mass is 511 g/mol. The summed E-state index contributed by atoms with van der Waals surface area (Å²) < 4.78 is 12.3. The lowest BCUT2D eigenvalue weighted by Gasteiger charge is -2.11. The molecule has 0 aliphatic rings. The van der Waals surface area contributed by atoms with Gasteiger partial charge in [0.1, 0.15) is 6.20 Å². The van der Waals surface area contributed by atoms with Crippen LogP contribution < -0.4 is 20.7 Å². The molecule has 2 heterocycles. The number of ether oxygens (including phenoxy) is 2. The zero-order valence-electron chi connectivity index (χ0n) is 16.9. The van der Waals surface area contributed by atoms with Gasteiger partial charge in [0.15, 0.2) is 11.5 Å². The van der Waals surface area contributed by atoms with Crippen LogP contribution in [0.2, 0.25) is 0 Å². The summed E-state index contributed by atoms with van der Waals surface area (Å²) in [5.41, 5.74) is -0.487. The molecule has 1 N–H and O–H groups in total. The molecule has 12 heteroatoms. The summed E-state index contributed by atoms with van der Waals surface area (Å²) in [7, 11) is 1.43. The number of rotatable bonds is 6. The molecule has 2 aromatic heterocycles. The molecule has 11 nitrogen and oxygen atoms in total. The molecule has 0 aliphatic heterocycles. The highest BCUT2D eigenvalue weighted by atomic mass is 79.9. The van der Waals surface area contributed by atoms with Crippen LogP contribution in [0, 0.1) is 10.1 Å². The van der Waals surface area contributed by atoms with Gasteiger partial charge in [-0.25, -0.2) is 9.78 Å². The van der Waals surface area contributed by atoms with E-state index >= 15 is 0 Å². The third-order valence-electron chi connectivity index (χ3n) is 4.53. The molecule has 0 radical (unpaired) electrons. The zero-order valence-corrected chi connectivity index (χ0v) is 18.5. The first kappa shape index (κ1) is 21.9. The number of aromatic amines is 1. The Morgan fingerprint density at radius 1 is 1.18 bits per heavy atom. The predicted octanol–water partition coefficient (Wildman–Crippen LogP) is 3.44. The van der Waals surface area contributed by atoms with Crippen LogP contribution in [0.1, 0.15) is 5.56 Å². The van der Waals surface area contributed by atoms with Gasteiger partial charge in [-0.3, -0.25) is 14.9 Å². The summed E-state index contributed by atoms with van der Waals surface area (Å²) in [5, 5.41) is 15.1. The molecule has 0 fully saturated rings. The largest absolute Gasteiger partial charge is 0.493 e. The summed E-state index contributed by atoms with van der Waals surface area (Å²) >= 11 is 3.40. The van der Waals surface area contributed by atoms with E-state index in [0.717, 1.165) is 10.9 Å². The fraction of sp³-hybridized carbons (Fsp3) is 0.0476. The van der Waals surface area contributed by atoms with E-state index in [4.69, 9.17) is 9.47 Å². The van der Waals surface area contributed by atoms with Crippen LogP contribution in [0.3, 0.4) is 0 Å². The lowest BCUT2D eigenvalue weighted by atomic mass is 10.2. The van der Waals surface area contributed by atoms with Gasteiger partial charge in [-0.15, -0.1) is 4.68 Å². The van der Waals surface area contributed by atoms with Crippen LogP contribution in [0.25, 0.3) is 10.9 Å². The van der Waals surface area contributed by atoms with Crippen LogP contribution in [0.5, 0.6) is 17.4 Å². The van der Waals surface area contributed by atoms with E-state index in [2.05, 4.69) is 31.0 Å². The van der Waals surface area contributed by atoms with Gasteiger partial charge >= 0.3 is 5.69 Å². The summed E-state index contributed by atoms with van der Waals surface area (Å²) in [5.74, 6) is 0.713. The molecule has 0 saturated carbocycles. The molecule has 2 aromatic carbocycles. The molecular formula is C21H14BrN5O6. The van der Waals surface area contributed by atoms with Gasteiger partial charge in [0, 0.05) is 22.2 Å². The van der Waals surface area contributed by atoms with Crippen molar-refractivity contribution in [2.75, 3.05) is 7.11 Å². The molecule has 4 rings (SSSR count). The second kappa shape index (κ2) is 9.04. The fourth-order valence-corrected chi connectivity index (χ4v) is 3.35. The number of fused-ring (bicyclic) bond motifs is 1. The molecule has 0 atom stereocenters. The van der Waals surface area contributed by atoms with Gasteiger partial charge in [0.25, 0.3) is 11.2 Å². The van der Waals surface area contributed by atoms with E-state index in [1.54, 1.807) is 36.4 Å². The van der Waals surface area contributed by atoms with E-state index in [0.29, 0.717) is 26.7 Å². The van der Waals surface area contributed by atoms with Crippen LogP contribution in [0.4, 0.5) is 5.69 Å². The Labute approximate surface area is 193 Å². The summed E-state index contributed by atoms with van der Waals surface area (Å²) in [6, 6.07) is 12.4. The van der Waals surface area contributed by atoms with E-state index in [1.807, 2.05) is 0 Å². The summed E-state index contributed by atoms with van der Waals surface area (Å²) in [4.78, 5) is 41.6. The number of hydrogen-bond acceptors (Lipinski definition) is 8. The standard InChI is InChI=1S/C21H14BrN5O6/c1-32-17-8-12(10-24-26-20(28)14-4-2-3-5-16(14)25-21(26)29)15(22)9-18(17)33-19-7-6-13(11-23-19)27(30)31/h2-11H,1H3,(H,25,29). The van der Waals surface area contributed by atoms with Crippen molar-refractivity contribution < 1.29 is 14.4 Å². The van der Waals surface area contributed by atoms with Crippen molar-refractivity contribution in [2.45, 2.75) is 0 Å². The highest BCUT2D eigenvalue weighted by molar-refractivity contribution is 9.10. The Morgan fingerprint density at radius 3 is 2.67 bits per heavy atom. The number of H-pyrrole nitrogens is 1. The third kappa shape index (κ3) is 4.50. The van der Waals surface area contributed by atoms with Crippen molar-refractivity contribution in [3.8, 4) is 17.4 Å². The zero-order chi connectivity index (χ0) is 23.5. The lowest BCUT2D eigenvalue weighted by Crippen LogP contribution is -2.32. The van der Waals surface area contributed by atoms with Crippen LogP contribution in [-0.2, 0) is 0 Å². The van der Waals surface area contributed by atoms with Crippen molar-refractivity contribution in [1.82, 2.24) is 14.6 Å². The van der Waals surface area contributed by atoms with Crippen molar-refractivity contribution in [2.24, 2.45) is 5.10 Å². The van der Waals surface area contributed by atoms with Crippen LogP contribution >= 0.6 is 15.9 Å². The van der Waals surface area contributed by atoms with Crippen molar-refractivity contribution in [1.29, 1.82) is 0 Å². The van der Waals surface area contributed by atoms with Crippen LogP contribution in [0.15, 0.2) is 73.9 Å². The Morgan fingerprint density at radius 2 is 1.97 bits per heavy atom. The highest BCUT2D eigenvalue weighted by Gasteiger charge is 2.13. The van der Waals surface area contributed by atoms with Crippen molar-refractivity contribution in [3.63, 3.8) is 0 Å². The number of para-hydroxylation sites is 1. The molecular weight excluding hydrogens is 498 g/mol. The number of hydrogen-bond donors (Lipinski definition) is 1. The number of nitrogens with zero attached hydrogens (tertiary/aromatic N) is 4. The number of halogens is 1. The van der Waals surface area contributed by atoms with Gasteiger partial charge < -0.3 is 14.5 Å². The maximum Gasteiger partial charge on any atom is 0.349 e. The molecule has 4 aromatic rings. The number of methoxy groups -OCH3 is 1. The third-order valence-corrected chi connectivity index (χ3v) is 5.21. The average Bonchev–Trinajstić information content (AvgIpc) is 2.80. The molecule has 166 valence electrons. The molecule has 0 spiro atoms. The first-order valence-electron chi connectivity index (χ1n) is 9.31. The van der Waals surface area contributed by atoms with E-state index < -0.39 is 16.2 Å². The molecule has 33 heavy (non-hydrogen) atoms. The maximum absolute atomic E-state index is 12.6. The van der Waals surface area contributed by atoms with E-state index in [1.165, 1.54) is 25.5 Å². The molecule has 0 bridgehead atoms. The number of nitrogens with one attached hydrogen (secondary N) is 1. The Balaban J connectivity index is 1.67. The minimum absolute atomic E-state index is 0.126. The predicted molar refractivity (Wildman–Crippen MR) is 123 cm³/mol. The Hall–Kier alpha value is -4.32. The van der Waals surface area contributed by atoms with Crippen LogP contribution in [-0.4, -0.2) is 32.9 Å². The summed E-state index contributed by atoms with van der Waals surface area (Å²) in [6.07, 6.45) is 2.41. The van der Waals surface area contributed by atoms with Gasteiger partial charge in [0.05, 0.1) is 29.2 Å². The topological polar surface area (TPSA) is 142 Å². The number of benzene rings is 2. The maximum atomic E-state index is 12.6. The molecule has 0 aliphatic carbocycles. The smallest absolute Gasteiger partial charge is 0.349 e. The van der Waals surface area contributed by atoms with E-state index in [9.17, 15) is 19.7 Å². The lowest BCUT2D eigenvalue weighted by molar-refractivity contribution is -0.385. The van der Waals surface area contributed by atoms with Gasteiger partial charge in [-0.1, -0.05) is 12.1 Å². The average molecular weight is 512 g/mol. The van der Waals surface area contributed by atoms with Crippen molar-refractivity contribution >= 4 is 38.7 Å². The quantitative estimate of drug-likeness (QED) is 0.237. The van der Waals surface area contributed by atoms with Gasteiger partial charge in [0.2, 0.25) is 5.88 Å². The Kier molecular flexibility index (Phi) is 6.00. The normalized spacial score (nSPS) is 11.1. The first-order valence-corrected chi connectivity index (χ1v) is 10.1. The Bertz CT molecular complexity index is 1510. The second-order valence-electron chi connectivity index (χ2n) is 6.58. The summed E-state index contributed by atoms with van der Waals surface area (Å²) in [6.45, 7) is 0. The minimum atomic E-state index is -0.678. The molecule has 0 saturated heterocycles. The minimum Gasteiger partial charge on any atom is -0.493 e. The number of pyridine rings is 1. The number of aromatic nitrogens is 3. The fourth-order valence-electron chi connectivity index (χ4n) is 2.92. The van der Waals surface area contributed by atoms with Crippen molar-refractivity contribution in [3.05, 3.63) is 95.7 Å². The highest BCUT2D eigenvalue weighted by Crippen LogP contribution is 2.35. The first-order chi connectivity index (χ1) is 15.9. The SMILES string of the molecule is COc1cc(C=Nn2c(=O)[nH]c3ccccc3c2=O)c(Br)cc1Oc1ccc([N+](=O)[O-])cn1. The van der Waals surface area contributed by atoms with E-state index in [-0.39, 0.29) is 17.3 Å². The van der Waals surface area contributed by atoms with Gasteiger partial charge in [-0.2, -0.15) is 5.10 Å². The number of nitro groups is 1. The molecule has 0 unspecified atom stereocenters. The second-order valence-corrected chi connectivity index (χ2v) is 7.43. The molecule has 0 amide bonds.